The van der Waals surface area contributed by atoms with Crippen molar-refractivity contribution in [1.29, 1.82) is 0 Å². The number of nitrogens with two attached hydrogens (primary N) is 1. The molecule has 0 atom stereocenters. The highest BCUT2D eigenvalue weighted by atomic mass is 32.1. The van der Waals surface area contributed by atoms with Crippen LogP contribution in [0.5, 0.6) is 0 Å². The summed E-state index contributed by atoms with van der Waals surface area (Å²) in [6.07, 6.45) is 0. The monoisotopic (exact) mass is 276 g/mol. The third-order valence-corrected chi connectivity index (χ3v) is 4.16. The number of aromatic nitrogens is 1. The second kappa shape index (κ2) is 4.51. The van der Waals surface area contributed by atoms with E-state index in [4.69, 9.17) is 5.73 Å². The fourth-order valence-electron chi connectivity index (χ4n) is 1.73. The Morgan fingerprint density at radius 2 is 1.83 bits per heavy atom. The van der Waals surface area contributed by atoms with E-state index in [9.17, 15) is 4.39 Å². The molecule has 0 saturated carbocycles. The maximum Gasteiger partial charge on any atom is 0.181 e. The lowest BCUT2D eigenvalue weighted by Crippen LogP contribution is -1.82. The van der Waals surface area contributed by atoms with Crippen molar-refractivity contribution in [2.75, 3.05) is 5.73 Å². The SMILES string of the molecule is Nc1nc(-c2ccsc2)c(-c2ccc(F)cc2)s1. The molecule has 1 aromatic carbocycles. The standard InChI is InChI=1S/C13H9FN2S2/c14-10-3-1-8(2-4-10)12-11(16-13(15)18-12)9-5-6-17-7-9/h1-7H,(H2,15,16). The van der Waals surface area contributed by atoms with Gasteiger partial charge in [0, 0.05) is 10.9 Å². The zero-order valence-corrected chi connectivity index (χ0v) is 10.9. The highest BCUT2D eigenvalue weighted by Crippen LogP contribution is 2.38. The number of hydrogen-bond donors (Lipinski definition) is 1. The Kier molecular flexibility index (Phi) is 2.85. The van der Waals surface area contributed by atoms with Crippen molar-refractivity contribution in [2.45, 2.75) is 0 Å². The first-order valence-electron chi connectivity index (χ1n) is 5.29. The highest BCUT2D eigenvalue weighted by molar-refractivity contribution is 7.19. The zero-order chi connectivity index (χ0) is 12.5. The number of rotatable bonds is 2. The Hall–Kier alpha value is -1.72. The number of thiophene rings is 1. The Labute approximate surface area is 112 Å². The molecular formula is C13H9FN2S2. The van der Waals surface area contributed by atoms with Crippen LogP contribution in [-0.2, 0) is 0 Å². The van der Waals surface area contributed by atoms with Gasteiger partial charge in [-0.05, 0) is 29.1 Å². The largest absolute Gasteiger partial charge is 0.375 e. The second-order valence-electron chi connectivity index (χ2n) is 3.75. The van der Waals surface area contributed by atoms with Crippen molar-refractivity contribution < 1.29 is 4.39 Å². The van der Waals surface area contributed by atoms with Crippen LogP contribution >= 0.6 is 22.7 Å². The molecule has 3 rings (SSSR count). The molecule has 0 amide bonds. The van der Waals surface area contributed by atoms with Gasteiger partial charge >= 0.3 is 0 Å². The quantitative estimate of drug-likeness (QED) is 0.759. The molecular weight excluding hydrogens is 267 g/mol. The number of nitrogen functional groups attached to an aromatic ring is 1. The summed E-state index contributed by atoms with van der Waals surface area (Å²) in [6.45, 7) is 0. The molecule has 90 valence electrons. The molecule has 2 heterocycles. The Morgan fingerprint density at radius 1 is 1.06 bits per heavy atom. The van der Waals surface area contributed by atoms with Crippen LogP contribution in [0.3, 0.4) is 0 Å². The van der Waals surface area contributed by atoms with Gasteiger partial charge in [0.1, 0.15) is 5.82 Å². The normalized spacial score (nSPS) is 10.7. The van der Waals surface area contributed by atoms with Gasteiger partial charge in [-0.15, -0.1) is 0 Å². The molecule has 0 aliphatic rings. The van der Waals surface area contributed by atoms with E-state index in [0.717, 1.165) is 21.7 Å². The summed E-state index contributed by atoms with van der Waals surface area (Å²) in [5.74, 6) is -0.242. The maximum absolute atomic E-state index is 12.9. The summed E-state index contributed by atoms with van der Waals surface area (Å²) in [5, 5.41) is 4.55. The first-order chi connectivity index (χ1) is 8.74. The van der Waals surface area contributed by atoms with Crippen molar-refractivity contribution >= 4 is 27.8 Å². The van der Waals surface area contributed by atoms with Crippen molar-refractivity contribution in [2.24, 2.45) is 0 Å². The van der Waals surface area contributed by atoms with Gasteiger partial charge in [0.05, 0.1) is 10.6 Å². The number of anilines is 1. The number of benzene rings is 1. The number of thiazole rings is 1. The number of hydrogen-bond acceptors (Lipinski definition) is 4. The zero-order valence-electron chi connectivity index (χ0n) is 9.26. The molecule has 2 N–H and O–H groups in total. The molecule has 0 fully saturated rings. The van der Waals surface area contributed by atoms with Crippen molar-refractivity contribution in [3.8, 4) is 21.7 Å². The molecule has 0 unspecified atom stereocenters. The molecule has 0 aliphatic carbocycles. The lowest BCUT2D eigenvalue weighted by atomic mass is 10.1. The molecule has 0 bridgehead atoms. The lowest BCUT2D eigenvalue weighted by molar-refractivity contribution is 0.628. The average Bonchev–Trinajstić information content (AvgIpc) is 2.98. The highest BCUT2D eigenvalue weighted by Gasteiger charge is 2.13. The van der Waals surface area contributed by atoms with Crippen LogP contribution in [0.15, 0.2) is 41.1 Å². The minimum atomic E-state index is -0.242. The van der Waals surface area contributed by atoms with Gasteiger partial charge < -0.3 is 5.73 Å². The van der Waals surface area contributed by atoms with Gasteiger partial charge in [-0.25, -0.2) is 9.37 Å². The van der Waals surface area contributed by atoms with Gasteiger partial charge in [-0.3, -0.25) is 0 Å². The predicted molar refractivity (Wildman–Crippen MR) is 75.2 cm³/mol. The van der Waals surface area contributed by atoms with Crippen molar-refractivity contribution in [1.82, 2.24) is 4.98 Å². The first-order valence-corrected chi connectivity index (χ1v) is 7.05. The Bertz CT molecular complexity index is 657. The van der Waals surface area contributed by atoms with Gasteiger partial charge in [-0.1, -0.05) is 23.5 Å². The summed E-state index contributed by atoms with van der Waals surface area (Å²) in [5.41, 5.74) is 8.64. The molecule has 3 aromatic rings. The van der Waals surface area contributed by atoms with E-state index in [0.29, 0.717) is 5.13 Å². The summed E-state index contributed by atoms with van der Waals surface area (Å²) >= 11 is 3.03. The molecule has 18 heavy (non-hydrogen) atoms. The lowest BCUT2D eigenvalue weighted by Gasteiger charge is -2.00. The van der Waals surface area contributed by atoms with Crippen LogP contribution in [0.2, 0.25) is 0 Å². The average molecular weight is 276 g/mol. The fraction of sp³-hybridized carbons (Fsp3) is 0. The number of nitrogens with zero attached hydrogens (tertiary/aromatic N) is 1. The molecule has 0 aliphatic heterocycles. The van der Waals surface area contributed by atoms with Crippen LogP contribution in [-0.4, -0.2) is 4.98 Å². The van der Waals surface area contributed by atoms with Gasteiger partial charge in [0.2, 0.25) is 0 Å². The summed E-state index contributed by atoms with van der Waals surface area (Å²) in [6, 6.07) is 8.40. The number of halogens is 1. The van der Waals surface area contributed by atoms with E-state index >= 15 is 0 Å². The first kappa shape index (κ1) is 11.4. The summed E-state index contributed by atoms with van der Waals surface area (Å²) in [7, 11) is 0. The second-order valence-corrected chi connectivity index (χ2v) is 5.56. The van der Waals surface area contributed by atoms with E-state index in [-0.39, 0.29) is 5.82 Å². The molecule has 2 aromatic heterocycles. The molecule has 0 radical (unpaired) electrons. The topological polar surface area (TPSA) is 38.9 Å². The van der Waals surface area contributed by atoms with Crippen LogP contribution in [0.1, 0.15) is 0 Å². The van der Waals surface area contributed by atoms with E-state index in [2.05, 4.69) is 4.98 Å². The molecule has 5 heteroatoms. The summed E-state index contributed by atoms with van der Waals surface area (Å²) < 4.78 is 12.9. The van der Waals surface area contributed by atoms with E-state index < -0.39 is 0 Å². The van der Waals surface area contributed by atoms with Gasteiger partial charge in [-0.2, -0.15) is 11.3 Å². The molecule has 2 nitrogen and oxygen atoms in total. The van der Waals surface area contributed by atoms with Crippen LogP contribution in [0.4, 0.5) is 9.52 Å². The van der Waals surface area contributed by atoms with Crippen molar-refractivity contribution in [3.05, 3.63) is 46.9 Å². The van der Waals surface area contributed by atoms with E-state index in [1.807, 2.05) is 16.8 Å². The molecule has 0 spiro atoms. The van der Waals surface area contributed by atoms with E-state index in [1.54, 1.807) is 23.5 Å². The minimum absolute atomic E-state index is 0.242. The third kappa shape index (κ3) is 2.02. The van der Waals surface area contributed by atoms with Crippen LogP contribution in [0.25, 0.3) is 21.7 Å². The predicted octanol–water partition coefficient (Wildman–Crippen LogP) is 4.26. The fourth-order valence-corrected chi connectivity index (χ4v) is 3.23. The van der Waals surface area contributed by atoms with Crippen LogP contribution < -0.4 is 5.73 Å². The maximum atomic E-state index is 12.9. The van der Waals surface area contributed by atoms with Gasteiger partial charge in [0.15, 0.2) is 5.13 Å². The Morgan fingerprint density at radius 3 is 2.50 bits per heavy atom. The minimum Gasteiger partial charge on any atom is -0.375 e. The van der Waals surface area contributed by atoms with Crippen molar-refractivity contribution in [3.63, 3.8) is 0 Å². The Balaban J connectivity index is 2.15. The van der Waals surface area contributed by atoms with Crippen LogP contribution in [0, 0.1) is 5.82 Å². The summed E-state index contributed by atoms with van der Waals surface area (Å²) in [4.78, 5) is 5.34. The molecule has 0 saturated heterocycles. The third-order valence-electron chi connectivity index (χ3n) is 2.54. The van der Waals surface area contributed by atoms with Gasteiger partial charge in [0.25, 0.3) is 0 Å². The smallest absolute Gasteiger partial charge is 0.181 e. The van der Waals surface area contributed by atoms with E-state index in [1.165, 1.54) is 23.5 Å².